The molecule has 1 atom stereocenters. The normalized spacial score (nSPS) is 11.9. The summed E-state index contributed by atoms with van der Waals surface area (Å²) < 4.78 is 0. The zero-order chi connectivity index (χ0) is 15.7. The Kier molecular flexibility index (Phi) is 7.65. The second kappa shape index (κ2) is 9.27. The van der Waals surface area contributed by atoms with Crippen molar-refractivity contribution >= 4 is 17.5 Å². The van der Waals surface area contributed by atoms with E-state index in [1.165, 1.54) is 11.8 Å². The highest BCUT2D eigenvalue weighted by molar-refractivity contribution is 8.00. The fraction of sp³-hybridized carbons (Fsp3) is 0.467. The Morgan fingerprint density at radius 2 is 1.95 bits per heavy atom. The number of rotatable bonds is 9. The van der Waals surface area contributed by atoms with E-state index < -0.39 is 5.37 Å². The maximum atomic E-state index is 12.2. The first-order valence-corrected chi connectivity index (χ1v) is 7.91. The molecule has 1 aromatic rings. The Morgan fingerprint density at radius 1 is 1.33 bits per heavy atom. The highest BCUT2D eigenvalue weighted by Gasteiger charge is 2.21. The van der Waals surface area contributed by atoms with Crippen molar-refractivity contribution in [2.24, 2.45) is 5.18 Å². The third-order valence-electron chi connectivity index (χ3n) is 3.20. The monoisotopic (exact) mass is 305 g/mol. The van der Waals surface area contributed by atoms with Crippen molar-refractivity contribution in [2.45, 2.75) is 19.2 Å². The molecule has 0 fully saturated rings. The lowest BCUT2D eigenvalue weighted by Gasteiger charge is -2.18. The average molecular weight is 305 g/mol. The lowest BCUT2D eigenvalue weighted by Crippen LogP contribution is -2.26. The molecule has 0 aliphatic rings. The molecule has 1 aromatic carbocycles. The van der Waals surface area contributed by atoms with Gasteiger partial charge in [0, 0.05) is 17.9 Å². The van der Waals surface area contributed by atoms with E-state index in [1.54, 1.807) is 24.3 Å². The highest BCUT2D eigenvalue weighted by atomic mass is 32.2. The van der Waals surface area contributed by atoms with Gasteiger partial charge in [0.1, 0.15) is 0 Å². The molecule has 0 aliphatic carbocycles. The summed E-state index contributed by atoms with van der Waals surface area (Å²) in [6, 6.07) is 8.24. The smallest absolute Gasteiger partial charge is 0.201 e. The molecule has 1 unspecified atom stereocenters. The van der Waals surface area contributed by atoms with Gasteiger partial charge in [0.2, 0.25) is 5.78 Å². The van der Waals surface area contributed by atoms with E-state index in [0.717, 1.165) is 19.6 Å². The Labute approximate surface area is 129 Å². The number of carbonyl (C=O) groups excluding carboxylic acids is 1. The fourth-order valence-electron chi connectivity index (χ4n) is 1.84. The molecule has 0 saturated heterocycles. The van der Waals surface area contributed by atoms with Crippen LogP contribution < -0.4 is 0 Å². The maximum Gasteiger partial charge on any atom is 0.201 e. The standard InChI is InChI=1S/C15H19N3O2S/c1-3-18(4-2)9-10-21-15(17-20)14(19)13-7-5-12(11-16)6-8-13/h5-8,15H,3-4,9-10H2,1-2H3. The van der Waals surface area contributed by atoms with E-state index in [0.29, 0.717) is 16.9 Å². The number of thioether (sulfide) groups is 1. The van der Waals surface area contributed by atoms with Crippen molar-refractivity contribution in [2.75, 3.05) is 25.4 Å². The third kappa shape index (κ3) is 5.29. The molecule has 112 valence electrons. The first-order valence-electron chi connectivity index (χ1n) is 6.87. The van der Waals surface area contributed by atoms with Gasteiger partial charge in [0.05, 0.1) is 11.6 Å². The molecular weight excluding hydrogens is 286 g/mol. The van der Waals surface area contributed by atoms with Crippen LogP contribution in [0.4, 0.5) is 0 Å². The summed E-state index contributed by atoms with van der Waals surface area (Å²) in [6.07, 6.45) is 0. The number of hydrogen-bond acceptors (Lipinski definition) is 6. The predicted molar refractivity (Wildman–Crippen MR) is 85.3 cm³/mol. The van der Waals surface area contributed by atoms with Crippen LogP contribution in [0, 0.1) is 16.2 Å². The van der Waals surface area contributed by atoms with Crippen molar-refractivity contribution in [1.29, 1.82) is 5.26 Å². The van der Waals surface area contributed by atoms with Crippen LogP contribution in [0.5, 0.6) is 0 Å². The van der Waals surface area contributed by atoms with Crippen LogP contribution in [-0.2, 0) is 0 Å². The van der Waals surface area contributed by atoms with Crippen LogP contribution in [0.1, 0.15) is 29.8 Å². The zero-order valence-electron chi connectivity index (χ0n) is 12.3. The third-order valence-corrected chi connectivity index (χ3v) is 4.23. The van der Waals surface area contributed by atoms with Crippen molar-refractivity contribution < 1.29 is 4.79 Å². The average Bonchev–Trinajstić information content (AvgIpc) is 2.55. The molecule has 0 aliphatic heterocycles. The van der Waals surface area contributed by atoms with E-state index in [-0.39, 0.29) is 5.78 Å². The summed E-state index contributed by atoms with van der Waals surface area (Å²) in [4.78, 5) is 25.3. The molecule has 0 radical (unpaired) electrons. The molecule has 0 saturated carbocycles. The summed E-state index contributed by atoms with van der Waals surface area (Å²) in [7, 11) is 0. The minimum atomic E-state index is -0.923. The number of nitrogens with zero attached hydrogens (tertiary/aromatic N) is 3. The van der Waals surface area contributed by atoms with Crippen LogP contribution >= 0.6 is 11.8 Å². The molecule has 0 heterocycles. The van der Waals surface area contributed by atoms with Gasteiger partial charge in [-0.05, 0) is 42.5 Å². The number of nitroso groups, excluding NO2 is 1. The van der Waals surface area contributed by atoms with Gasteiger partial charge < -0.3 is 4.90 Å². The Morgan fingerprint density at radius 3 is 2.43 bits per heavy atom. The molecule has 0 spiro atoms. The van der Waals surface area contributed by atoms with E-state index in [2.05, 4.69) is 23.9 Å². The minimum Gasteiger partial charge on any atom is -0.303 e. The van der Waals surface area contributed by atoms with Gasteiger partial charge in [0.25, 0.3) is 0 Å². The van der Waals surface area contributed by atoms with Gasteiger partial charge in [-0.2, -0.15) is 5.26 Å². The molecule has 0 bridgehead atoms. The van der Waals surface area contributed by atoms with Gasteiger partial charge >= 0.3 is 0 Å². The number of hydrogen-bond donors (Lipinski definition) is 0. The topological polar surface area (TPSA) is 73.5 Å². The molecule has 5 nitrogen and oxygen atoms in total. The van der Waals surface area contributed by atoms with Gasteiger partial charge in [-0.15, -0.1) is 16.7 Å². The van der Waals surface area contributed by atoms with E-state index in [1.807, 2.05) is 6.07 Å². The first kappa shape index (κ1) is 17.3. The van der Waals surface area contributed by atoms with Crippen molar-refractivity contribution in [3.8, 4) is 6.07 Å². The van der Waals surface area contributed by atoms with Crippen LogP contribution in [0.2, 0.25) is 0 Å². The summed E-state index contributed by atoms with van der Waals surface area (Å²) in [6.45, 7) is 6.86. The van der Waals surface area contributed by atoms with E-state index in [4.69, 9.17) is 5.26 Å². The largest absolute Gasteiger partial charge is 0.303 e. The Bertz CT molecular complexity index is 507. The van der Waals surface area contributed by atoms with Crippen LogP contribution in [0.25, 0.3) is 0 Å². The predicted octanol–water partition coefficient (Wildman–Crippen LogP) is 2.91. The number of nitriles is 1. The quantitative estimate of drug-likeness (QED) is 0.518. The van der Waals surface area contributed by atoms with Crippen molar-refractivity contribution in [3.05, 3.63) is 40.3 Å². The van der Waals surface area contributed by atoms with Gasteiger partial charge in [0.15, 0.2) is 5.37 Å². The molecule has 0 N–H and O–H groups in total. The Balaban J connectivity index is 2.60. The molecule has 1 rings (SSSR count). The van der Waals surface area contributed by atoms with E-state index in [9.17, 15) is 9.70 Å². The number of benzene rings is 1. The molecular formula is C15H19N3O2S. The van der Waals surface area contributed by atoms with Crippen molar-refractivity contribution in [3.63, 3.8) is 0 Å². The van der Waals surface area contributed by atoms with Crippen molar-refractivity contribution in [1.82, 2.24) is 4.90 Å². The summed E-state index contributed by atoms with van der Waals surface area (Å²) in [5, 5.41) is 10.7. The maximum absolute atomic E-state index is 12.2. The lowest BCUT2D eigenvalue weighted by atomic mass is 10.1. The number of ketones is 1. The summed E-state index contributed by atoms with van der Waals surface area (Å²) in [5.74, 6) is 0.374. The SMILES string of the molecule is CCN(CC)CCSC(N=O)C(=O)c1ccc(C#N)cc1. The first-order chi connectivity index (χ1) is 10.2. The summed E-state index contributed by atoms with van der Waals surface area (Å²) >= 11 is 1.26. The second-order valence-electron chi connectivity index (χ2n) is 4.41. The Hall–Kier alpha value is -1.71. The highest BCUT2D eigenvalue weighted by Crippen LogP contribution is 2.18. The van der Waals surface area contributed by atoms with E-state index >= 15 is 0 Å². The number of carbonyl (C=O) groups is 1. The second-order valence-corrected chi connectivity index (χ2v) is 5.60. The van der Waals surface area contributed by atoms with Gasteiger partial charge in [-0.25, -0.2) is 0 Å². The molecule has 6 heteroatoms. The number of Topliss-reactive ketones (excluding diaryl/α,β-unsaturated/α-hetero) is 1. The van der Waals surface area contributed by atoms with Crippen LogP contribution in [0.3, 0.4) is 0 Å². The lowest BCUT2D eigenvalue weighted by molar-refractivity contribution is 0.0991. The molecule has 0 aromatic heterocycles. The van der Waals surface area contributed by atoms with Crippen LogP contribution in [0.15, 0.2) is 29.4 Å². The van der Waals surface area contributed by atoms with Crippen LogP contribution in [-0.4, -0.2) is 41.4 Å². The molecule has 21 heavy (non-hydrogen) atoms. The zero-order valence-corrected chi connectivity index (χ0v) is 13.1. The van der Waals surface area contributed by atoms with Gasteiger partial charge in [-0.3, -0.25) is 4.79 Å². The summed E-state index contributed by atoms with van der Waals surface area (Å²) in [5.41, 5.74) is 0.894. The fourth-order valence-corrected chi connectivity index (χ4v) is 2.77. The van der Waals surface area contributed by atoms with Gasteiger partial charge in [-0.1, -0.05) is 13.8 Å². The molecule has 0 amide bonds. The minimum absolute atomic E-state index is 0.306.